The van der Waals surface area contributed by atoms with Gasteiger partial charge >= 0.3 is 18.0 Å². The number of esters is 1. The lowest BCUT2D eigenvalue weighted by Crippen LogP contribution is -2.56. The number of hydroxylamine groups is 2. The number of carbonyl (C=O) groups is 3. The predicted molar refractivity (Wildman–Crippen MR) is 68.6 cm³/mol. The van der Waals surface area contributed by atoms with E-state index in [1.807, 2.05) is 0 Å². The average Bonchev–Trinajstić information content (AvgIpc) is 2.49. The van der Waals surface area contributed by atoms with Gasteiger partial charge in [0.25, 0.3) is 0 Å². The largest absolute Gasteiger partial charge is 0.437 e. The maximum absolute atomic E-state index is 12.2. The van der Waals surface area contributed by atoms with E-state index >= 15 is 0 Å². The van der Waals surface area contributed by atoms with E-state index in [0.29, 0.717) is 6.42 Å². The van der Waals surface area contributed by atoms with Gasteiger partial charge in [-0.3, -0.25) is 9.69 Å². The molecule has 120 valence electrons. The Balaban J connectivity index is 2.68. The summed E-state index contributed by atoms with van der Waals surface area (Å²) < 4.78 is 14.5. The quantitative estimate of drug-likeness (QED) is 0.486. The van der Waals surface area contributed by atoms with Crippen molar-refractivity contribution in [3.63, 3.8) is 0 Å². The minimum atomic E-state index is -0.643. The highest BCUT2D eigenvalue weighted by atomic mass is 16.7. The number of ether oxygens (including phenoxy) is 3. The molecule has 1 heterocycles. The van der Waals surface area contributed by atoms with Crippen molar-refractivity contribution < 1.29 is 33.4 Å². The Kier molecular flexibility index (Phi) is 6.89. The second-order valence-electron chi connectivity index (χ2n) is 4.23. The van der Waals surface area contributed by atoms with E-state index in [1.54, 1.807) is 6.92 Å². The van der Waals surface area contributed by atoms with Gasteiger partial charge in [0.05, 0.1) is 6.54 Å². The van der Waals surface area contributed by atoms with E-state index in [2.05, 4.69) is 4.74 Å². The van der Waals surface area contributed by atoms with Crippen molar-refractivity contribution >= 4 is 18.0 Å². The van der Waals surface area contributed by atoms with Crippen LogP contribution in [0, 0.1) is 0 Å². The van der Waals surface area contributed by atoms with Crippen LogP contribution in [-0.2, 0) is 28.6 Å². The number of rotatable bonds is 7. The van der Waals surface area contributed by atoms with Crippen LogP contribution in [0.5, 0.6) is 0 Å². The Labute approximate surface area is 122 Å². The number of methoxy groups -OCH3 is 2. The molecule has 0 aliphatic carbocycles. The lowest BCUT2D eigenvalue weighted by atomic mass is 10.3. The van der Waals surface area contributed by atoms with Gasteiger partial charge in [-0.15, -0.1) is 0 Å². The first-order valence-electron chi connectivity index (χ1n) is 6.49. The SMILES string of the molecule is CCC(=O)ON1CCC(OC)N(CC(=O)OCOC)C1=O. The van der Waals surface area contributed by atoms with E-state index in [0.717, 1.165) is 9.96 Å². The maximum Gasteiger partial charge on any atom is 0.355 e. The molecular weight excluding hydrogens is 284 g/mol. The molecule has 1 aliphatic heterocycles. The molecule has 0 N–H and O–H groups in total. The smallest absolute Gasteiger partial charge is 0.355 e. The third-order valence-electron chi connectivity index (χ3n) is 2.80. The number of hydrogen-bond donors (Lipinski definition) is 0. The molecular formula is C12H20N2O7. The molecule has 0 aromatic heterocycles. The Bertz CT molecular complexity index is 388. The third-order valence-corrected chi connectivity index (χ3v) is 2.80. The molecule has 1 aliphatic rings. The monoisotopic (exact) mass is 304 g/mol. The molecule has 9 nitrogen and oxygen atoms in total. The van der Waals surface area contributed by atoms with Crippen molar-refractivity contribution in [3.8, 4) is 0 Å². The van der Waals surface area contributed by atoms with Gasteiger partial charge in [0, 0.05) is 27.1 Å². The summed E-state index contributed by atoms with van der Waals surface area (Å²) >= 11 is 0. The molecule has 0 saturated carbocycles. The molecule has 9 heteroatoms. The molecule has 1 unspecified atom stereocenters. The minimum absolute atomic E-state index is 0.146. The third kappa shape index (κ3) is 4.87. The van der Waals surface area contributed by atoms with Crippen LogP contribution in [-0.4, -0.2) is 68.3 Å². The van der Waals surface area contributed by atoms with Crippen molar-refractivity contribution in [2.75, 3.05) is 34.1 Å². The summed E-state index contributed by atoms with van der Waals surface area (Å²) in [5.74, 6) is -1.17. The van der Waals surface area contributed by atoms with Crippen molar-refractivity contribution in [1.82, 2.24) is 9.96 Å². The zero-order valence-electron chi connectivity index (χ0n) is 12.4. The number of carbonyl (C=O) groups excluding carboxylic acids is 3. The molecule has 0 radical (unpaired) electrons. The summed E-state index contributed by atoms with van der Waals surface area (Å²) in [6.07, 6.45) is -0.0337. The highest BCUT2D eigenvalue weighted by molar-refractivity contribution is 5.82. The fourth-order valence-electron chi connectivity index (χ4n) is 1.74. The number of urea groups is 1. The number of nitrogens with zero attached hydrogens (tertiary/aromatic N) is 2. The second kappa shape index (κ2) is 8.42. The van der Waals surface area contributed by atoms with Crippen molar-refractivity contribution in [1.29, 1.82) is 0 Å². The fraction of sp³-hybridized carbons (Fsp3) is 0.750. The molecule has 1 fully saturated rings. The molecule has 21 heavy (non-hydrogen) atoms. The summed E-state index contributed by atoms with van der Waals surface area (Å²) in [6, 6.07) is -0.621. The van der Waals surface area contributed by atoms with E-state index in [9.17, 15) is 14.4 Å². The van der Waals surface area contributed by atoms with E-state index < -0.39 is 24.2 Å². The lowest BCUT2D eigenvalue weighted by molar-refractivity contribution is -0.191. The minimum Gasteiger partial charge on any atom is -0.437 e. The Morgan fingerprint density at radius 1 is 1.29 bits per heavy atom. The van der Waals surface area contributed by atoms with Gasteiger partial charge in [-0.1, -0.05) is 6.92 Å². The van der Waals surface area contributed by atoms with Gasteiger partial charge in [0.1, 0.15) is 12.8 Å². The van der Waals surface area contributed by atoms with Crippen LogP contribution in [0.2, 0.25) is 0 Å². The van der Waals surface area contributed by atoms with Gasteiger partial charge in [-0.25, -0.2) is 9.59 Å². The summed E-state index contributed by atoms with van der Waals surface area (Å²) in [6.45, 7) is 1.30. The van der Waals surface area contributed by atoms with E-state index in [-0.39, 0.29) is 26.3 Å². The molecule has 0 aromatic carbocycles. The average molecular weight is 304 g/mol. The first kappa shape index (κ1) is 17.2. The van der Waals surface area contributed by atoms with Crippen LogP contribution < -0.4 is 0 Å². The summed E-state index contributed by atoms with van der Waals surface area (Å²) in [4.78, 5) is 41.1. The predicted octanol–water partition coefficient (Wildman–Crippen LogP) is 0.102. The van der Waals surface area contributed by atoms with Crippen LogP contribution in [0.4, 0.5) is 4.79 Å². The summed E-state index contributed by atoms with van der Waals surface area (Å²) in [5, 5.41) is 0.922. The fourth-order valence-corrected chi connectivity index (χ4v) is 1.74. The first-order valence-corrected chi connectivity index (χ1v) is 6.49. The van der Waals surface area contributed by atoms with Crippen molar-refractivity contribution in [3.05, 3.63) is 0 Å². The molecule has 1 rings (SSSR count). The zero-order chi connectivity index (χ0) is 15.8. The van der Waals surface area contributed by atoms with Crippen molar-refractivity contribution in [2.24, 2.45) is 0 Å². The van der Waals surface area contributed by atoms with Gasteiger partial charge in [0.15, 0.2) is 6.79 Å². The molecule has 0 spiro atoms. The highest BCUT2D eigenvalue weighted by Crippen LogP contribution is 2.17. The molecule has 1 atom stereocenters. The normalized spacial score (nSPS) is 18.6. The van der Waals surface area contributed by atoms with Crippen LogP contribution >= 0.6 is 0 Å². The van der Waals surface area contributed by atoms with E-state index in [1.165, 1.54) is 14.2 Å². The van der Waals surface area contributed by atoms with Gasteiger partial charge in [0.2, 0.25) is 0 Å². The summed E-state index contributed by atoms with van der Waals surface area (Å²) in [5.41, 5.74) is 0. The molecule has 0 aromatic rings. The van der Waals surface area contributed by atoms with Crippen LogP contribution in [0.15, 0.2) is 0 Å². The van der Waals surface area contributed by atoms with Crippen LogP contribution in [0.3, 0.4) is 0 Å². The Morgan fingerprint density at radius 2 is 2.00 bits per heavy atom. The molecule has 0 bridgehead atoms. The maximum atomic E-state index is 12.2. The number of hydrogen-bond acceptors (Lipinski definition) is 7. The Morgan fingerprint density at radius 3 is 2.57 bits per heavy atom. The number of amides is 2. The van der Waals surface area contributed by atoms with Crippen LogP contribution in [0.25, 0.3) is 0 Å². The van der Waals surface area contributed by atoms with Gasteiger partial charge in [-0.05, 0) is 0 Å². The zero-order valence-corrected chi connectivity index (χ0v) is 12.4. The van der Waals surface area contributed by atoms with Gasteiger partial charge in [-0.2, -0.15) is 5.06 Å². The highest BCUT2D eigenvalue weighted by Gasteiger charge is 2.37. The van der Waals surface area contributed by atoms with Gasteiger partial charge < -0.3 is 19.0 Å². The molecule has 1 saturated heterocycles. The standard InChI is InChI=1S/C12H20N2O7/c1-4-10(15)21-14-6-5-9(19-3)13(12(14)17)7-11(16)20-8-18-2/h9H,4-8H2,1-3H3. The first-order chi connectivity index (χ1) is 10.0. The van der Waals surface area contributed by atoms with Crippen molar-refractivity contribution in [2.45, 2.75) is 26.0 Å². The van der Waals surface area contributed by atoms with E-state index in [4.69, 9.17) is 14.3 Å². The molecule has 2 amide bonds. The second-order valence-corrected chi connectivity index (χ2v) is 4.23. The topological polar surface area (TPSA) is 94.6 Å². The summed E-state index contributed by atoms with van der Waals surface area (Å²) in [7, 11) is 2.81. The van der Waals surface area contributed by atoms with Crippen LogP contribution in [0.1, 0.15) is 19.8 Å². The lowest BCUT2D eigenvalue weighted by Gasteiger charge is -2.38. The Hall–Kier alpha value is -1.87.